The number of amides is 1. The third-order valence-corrected chi connectivity index (χ3v) is 4.52. The first-order valence-electron chi connectivity index (χ1n) is 7.75. The highest BCUT2D eigenvalue weighted by molar-refractivity contribution is 5.94. The van der Waals surface area contributed by atoms with E-state index in [0.29, 0.717) is 18.8 Å². The molecule has 5 heteroatoms. The van der Waals surface area contributed by atoms with Crippen LogP contribution in [0, 0.1) is 0 Å². The van der Waals surface area contributed by atoms with Crippen LogP contribution in [0.3, 0.4) is 0 Å². The third kappa shape index (κ3) is 2.80. The van der Waals surface area contributed by atoms with Crippen molar-refractivity contribution in [3.63, 3.8) is 0 Å². The highest BCUT2D eigenvalue weighted by Crippen LogP contribution is 2.24. The molecule has 0 spiro atoms. The van der Waals surface area contributed by atoms with Crippen LogP contribution >= 0.6 is 0 Å². The molecule has 1 aromatic rings. The Balaban J connectivity index is 1.85. The molecular formula is C16H23N3O2. The maximum absolute atomic E-state index is 12.9. The first-order valence-corrected chi connectivity index (χ1v) is 7.75. The Hall–Kier alpha value is -1.46. The topological polar surface area (TPSA) is 45.7 Å². The lowest BCUT2D eigenvalue weighted by Gasteiger charge is -2.46. The Kier molecular flexibility index (Phi) is 4.22. The number of hydrogen-bond acceptors (Lipinski definition) is 4. The first kappa shape index (κ1) is 14.5. The van der Waals surface area contributed by atoms with E-state index in [2.05, 4.69) is 23.9 Å². The van der Waals surface area contributed by atoms with Gasteiger partial charge in [-0.05, 0) is 31.5 Å². The number of fused-ring (bicyclic) bond motifs is 1. The van der Waals surface area contributed by atoms with Crippen LogP contribution in [0.2, 0.25) is 0 Å². The number of pyridine rings is 1. The summed E-state index contributed by atoms with van der Waals surface area (Å²) in [4.78, 5) is 21.5. The summed E-state index contributed by atoms with van der Waals surface area (Å²) in [5, 5.41) is 0. The van der Waals surface area contributed by atoms with E-state index in [0.717, 1.165) is 31.5 Å². The molecule has 0 saturated carbocycles. The van der Waals surface area contributed by atoms with E-state index >= 15 is 0 Å². The quantitative estimate of drug-likeness (QED) is 0.820. The van der Waals surface area contributed by atoms with Gasteiger partial charge in [-0.25, -0.2) is 0 Å². The van der Waals surface area contributed by atoms with Crippen LogP contribution in [-0.4, -0.2) is 66.1 Å². The van der Waals surface area contributed by atoms with Crippen molar-refractivity contribution in [3.05, 3.63) is 29.6 Å². The van der Waals surface area contributed by atoms with Gasteiger partial charge >= 0.3 is 0 Å². The molecule has 2 saturated heterocycles. The number of nitrogens with zero attached hydrogens (tertiary/aromatic N) is 3. The van der Waals surface area contributed by atoms with Crippen molar-refractivity contribution < 1.29 is 9.53 Å². The van der Waals surface area contributed by atoms with Gasteiger partial charge in [0.1, 0.15) is 5.69 Å². The summed E-state index contributed by atoms with van der Waals surface area (Å²) in [5.74, 6) is 0.0565. The number of carbonyl (C=O) groups excluding carboxylic acids is 1. The highest BCUT2D eigenvalue weighted by Gasteiger charge is 2.39. The molecule has 0 aliphatic carbocycles. The summed E-state index contributed by atoms with van der Waals surface area (Å²) in [6.45, 7) is 5.26. The number of likely N-dealkylation sites (tertiary alicyclic amines) is 1. The molecule has 3 rings (SSSR count). The second-order valence-corrected chi connectivity index (χ2v) is 5.89. The van der Waals surface area contributed by atoms with Gasteiger partial charge in [-0.2, -0.15) is 0 Å². The second-order valence-electron chi connectivity index (χ2n) is 5.89. The Morgan fingerprint density at radius 1 is 1.48 bits per heavy atom. The molecule has 2 fully saturated rings. The molecule has 3 heterocycles. The van der Waals surface area contributed by atoms with E-state index in [4.69, 9.17) is 4.74 Å². The molecule has 0 unspecified atom stereocenters. The average Bonchev–Trinajstić information content (AvgIpc) is 2.53. The van der Waals surface area contributed by atoms with E-state index < -0.39 is 0 Å². The smallest absolute Gasteiger partial charge is 0.273 e. The van der Waals surface area contributed by atoms with E-state index in [-0.39, 0.29) is 18.1 Å². The molecule has 0 radical (unpaired) electrons. The van der Waals surface area contributed by atoms with Crippen LogP contribution in [0.5, 0.6) is 0 Å². The SMILES string of the molecule is CCc1cccnc1C(=O)N1CCO[C@@H]2CCN(C)C[C@@H]21. The van der Waals surface area contributed by atoms with Gasteiger partial charge in [0.2, 0.25) is 0 Å². The number of morpholine rings is 1. The Morgan fingerprint density at radius 3 is 3.14 bits per heavy atom. The minimum atomic E-state index is 0.0565. The number of carbonyl (C=O) groups is 1. The van der Waals surface area contributed by atoms with Crippen molar-refractivity contribution in [3.8, 4) is 0 Å². The zero-order valence-corrected chi connectivity index (χ0v) is 12.8. The Labute approximate surface area is 125 Å². The zero-order valence-electron chi connectivity index (χ0n) is 12.8. The van der Waals surface area contributed by atoms with Gasteiger partial charge in [0, 0.05) is 25.8 Å². The van der Waals surface area contributed by atoms with Gasteiger partial charge in [0.15, 0.2) is 0 Å². The molecule has 21 heavy (non-hydrogen) atoms. The molecular weight excluding hydrogens is 266 g/mol. The normalized spacial score (nSPS) is 26.5. The summed E-state index contributed by atoms with van der Waals surface area (Å²) >= 11 is 0. The van der Waals surface area contributed by atoms with Gasteiger partial charge < -0.3 is 14.5 Å². The van der Waals surface area contributed by atoms with Gasteiger partial charge in [0.25, 0.3) is 5.91 Å². The summed E-state index contributed by atoms with van der Waals surface area (Å²) in [6, 6.07) is 4.04. The fourth-order valence-corrected chi connectivity index (χ4v) is 3.33. The van der Waals surface area contributed by atoms with Crippen LogP contribution in [0.25, 0.3) is 0 Å². The largest absolute Gasteiger partial charge is 0.374 e. The van der Waals surface area contributed by atoms with E-state index in [1.807, 2.05) is 17.0 Å². The Bertz CT molecular complexity index is 520. The maximum atomic E-state index is 12.9. The minimum Gasteiger partial charge on any atom is -0.374 e. The molecule has 114 valence electrons. The number of hydrogen-bond donors (Lipinski definition) is 0. The van der Waals surface area contributed by atoms with Gasteiger partial charge in [-0.3, -0.25) is 9.78 Å². The molecule has 5 nitrogen and oxygen atoms in total. The van der Waals surface area contributed by atoms with E-state index in [1.165, 1.54) is 0 Å². The summed E-state index contributed by atoms with van der Waals surface area (Å²) in [5.41, 5.74) is 1.63. The average molecular weight is 289 g/mol. The van der Waals surface area contributed by atoms with Crippen molar-refractivity contribution in [2.24, 2.45) is 0 Å². The Morgan fingerprint density at radius 2 is 2.33 bits per heavy atom. The maximum Gasteiger partial charge on any atom is 0.273 e. The standard InChI is InChI=1S/C16H23N3O2/c1-3-12-5-4-7-17-15(12)16(20)19-9-10-21-14-6-8-18(2)11-13(14)19/h4-5,7,13-14H,3,6,8-11H2,1-2H3/t13-,14+/m0/s1. The predicted octanol–water partition coefficient (Wildman–Crippen LogP) is 1.19. The van der Waals surface area contributed by atoms with Crippen LogP contribution < -0.4 is 0 Å². The van der Waals surface area contributed by atoms with Crippen molar-refractivity contribution in [1.29, 1.82) is 0 Å². The molecule has 2 aliphatic heterocycles. The molecule has 2 aliphatic rings. The number of ether oxygens (including phenoxy) is 1. The highest BCUT2D eigenvalue weighted by atomic mass is 16.5. The first-order chi connectivity index (χ1) is 10.2. The molecule has 2 atom stereocenters. The third-order valence-electron chi connectivity index (χ3n) is 4.52. The lowest BCUT2D eigenvalue weighted by molar-refractivity contribution is -0.0871. The second kappa shape index (κ2) is 6.12. The fourth-order valence-electron chi connectivity index (χ4n) is 3.33. The van der Waals surface area contributed by atoms with Crippen molar-refractivity contribution in [1.82, 2.24) is 14.8 Å². The minimum absolute atomic E-state index is 0.0565. The molecule has 1 aromatic heterocycles. The van der Waals surface area contributed by atoms with Crippen molar-refractivity contribution >= 4 is 5.91 Å². The molecule has 0 N–H and O–H groups in total. The van der Waals surface area contributed by atoms with Crippen LogP contribution in [0.15, 0.2) is 18.3 Å². The number of piperidine rings is 1. The van der Waals surface area contributed by atoms with E-state index in [1.54, 1.807) is 6.20 Å². The summed E-state index contributed by atoms with van der Waals surface area (Å²) in [7, 11) is 2.10. The number of aryl methyl sites for hydroxylation is 1. The monoisotopic (exact) mass is 289 g/mol. The molecule has 0 bridgehead atoms. The summed E-state index contributed by atoms with van der Waals surface area (Å²) < 4.78 is 5.86. The van der Waals surface area contributed by atoms with Crippen LogP contribution in [0.1, 0.15) is 29.4 Å². The zero-order chi connectivity index (χ0) is 14.8. The predicted molar refractivity (Wildman–Crippen MR) is 80.3 cm³/mol. The van der Waals surface area contributed by atoms with Crippen LogP contribution in [0.4, 0.5) is 0 Å². The van der Waals surface area contributed by atoms with Crippen molar-refractivity contribution in [2.45, 2.75) is 31.9 Å². The van der Waals surface area contributed by atoms with E-state index in [9.17, 15) is 4.79 Å². The summed E-state index contributed by atoms with van der Waals surface area (Å²) in [6.07, 6.45) is 3.70. The fraction of sp³-hybridized carbons (Fsp3) is 0.625. The lowest BCUT2D eigenvalue weighted by atomic mass is 9.98. The number of aromatic nitrogens is 1. The number of rotatable bonds is 2. The molecule has 0 aromatic carbocycles. The number of likely N-dealkylation sites (N-methyl/N-ethyl adjacent to an activating group) is 1. The van der Waals surface area contributed by atoms with Crippen LogP contribution in [-0.2, 0) is 11.2 Å². The van der Waals surface area contributed by atoms with Gasteiger partial charge in [-0.15, -0.1) is 0 Å². The lowest BCUT2D eigenvalue weighted by Crippen LogP contribution is -2.60. The van der Waals surface area contributed by atoms with Crippen molar-refractivity contribution in [2.75, 3.05) is 33.3 Å². The van der Waals surface area contributed by atoms with Gasteiger partial charge in [-0.1, -0.05) is 13.0 Å². The van der Waals surface area contributed by atoms with Gasteiger partial charge in [0.05, 0.1) is 18.8 Å². The molecule has 1 amide bonds.